The quantitative estimate of drug-likeness (QED) is 0.890. The number of carbonyl (C=O) groups is 2. The maximum Gasteiger partial charge on any atom is 0.408 e. The van der Waals surface area contributed by atoms with Gasteiger partial charge in [0, 0.05) is 6.42 Å². The van der Waals surface area contributed by atoms with Crippen molar-refractivity contribution < 1.29 is 19.1 Å². The average molecular weight is 301 g/mol. The van der Waals surface area contributed by atoms with Crippen LogP contribution in [0.3, 0.4) is 0 Å². The Balaban J connectivity index is 1.53. The Hall–Kier alpha value is -2.59. The van der Waals surface area contributed by atoms with E-state index in [0.29, 0.717) is 6.42 Å². The molecule has 2 saturated heterocycles. The molecule has 7 heteroatoms. The fourth-order valence-electron chi connectivity index (χ4n) is 2.65. The van der Waals surface area contributed by atoms with Gasteiger partial charge >= 0.3 is 6.09 Å². The second-order valence-corrected chi connectivity index (χ2v) is 5.17. The number of fused-ring (bicyclic) bond motifs is 1. The first-order chi connectivity index (χ1) is 10.7. The van der Waals surface area contributed by atoms with E-state index in [1.165, 1.54) is 4.90 Å². The van der Waals surface area contributed by atoms with Crippen LogP contribution in [0.25, 0.3) is 0 Å². The zero-order chi connectivity index (χ0) is 15.5. The summed E-state index contributed by atoms with van der Waals surface area (Å²) in [6.07, 6.45) is -0.759. The molecule has 1 N–H and O–H groups in total. The van der Waals surface area contributed by atoms with Crippen molar-refractivity contribution in [2.45, 2.75) is 31.3 Å². The molecule has 3 rings (SSSR count). The van der Waals surface area contributed by atoms with E-state index in [2.05, 4.69) is 5.32 Å². The smallest absolute Gasteiger partial charge is 0.408 e. The SMILES string of the molecule is N#C[C@@H]1CO[C@H]2C[C@H](NC(=O)OCc3ccccc3)C(=O)N12. The zero-order valence-electron chi connectivity index (χ0n) is 11.8. The van der Waals surface area contributed by atoms with Gasteiger partial charge in [-0.15, -0.1) is 0 Å². The van der Waals surface area contributed by atoms with Gasteiger partial charge in [-0.25, -0.2) is 4.79 Å². The molecule has 0 saturated carbocycles. The van der Waals surface area contributed by atoms with Gasteiger partial charge in [0.2, 0.25) is 5.91 Å². The summed E-state index contributed by atoms with van der Waals surface area (Å²) >= 11 is 0. The number of ether oxygens (including phenoxy) is 2. The van der Waals surface area contributed by atoms with Crippen LogP contribution in [0.1, 0.15) is 12.0 Å². The molecule has 0 aromatic heterocycles. The summed E-state index contributed by atoms with van der Waals surface area (Å²) < 4.78 is 10.5. The number of nitriles is 1. The van der Waals surface area contributed by atoms with Gasteiger partial charge in [0.1, 0.15) is 24.9 Å². The van der Waals surface area contributed by atoms with Gasteiger partial charge in [0.05, 0.1) is 12.7 Å². The fourth-order valence-corrected chi connectivity index (χ4v) is 2.65. The van der Waals surface area contributed by atoms with E-state index < -0.39 is 24.4 Å². The molecule has 7 nitrogen and oxygen atoms in total. The van der Waals surface area contributed by atoms with E-state index in [1.807, 2.05) is 36.4 Å². The molecule has 114 valence electrons. The van der Waals surface area contributed by atoms with Crippen LogP contribution >= 0.6 is 0 Å². The van der Waals surface area contributed by atoms with Crippen molar-refractivity contribution in [3.8, 4) is 6.07 Å². The van der Waals surface area contributed by atoms with E-state index in [4.69, 9.17) is 14.7 Å². The molecule has 0 radical (unpaired) electrons. The van der Waals surface area contributed by atoms with Crippen LogP contribution in [0.5, 0.6) is 0 Å². The Labute approximate surface area is 127 Å². The van der Waals surface area contributed by atoms with Crippen LogP contribution in [0.2, 0.25) is 0 Å². The Kier molecular flexibility index (Phi) is 3.94. The minimum Gasteiger partial charge on any atom is -0.445 e. The fraction of sp³-hybridized carbons (Fsp3) is 0.400. The molecule has 0 aliphatic carbocycles. The number of nitrogens with one attached hydrogen (secondary N) is 1. The molecule has 2 heterocycles. The summed E-state index contributed by atoms with van der Waals surface area (Å²) in [4.78, 5) is 25.4. The largest absolute Gasteiger partial charge is 0.445 e. The van der Waals surface area contributed by atoms with Gasteiger partial charge in [-0.1, -0.05) is 30.3 Å². The molecule has 2 fully saturated rings. The molecule has 1 aromatic carbocycles. The minimum absolute atomic E-state index is 0.137. The van der Waals surface area contributed by atoms with Crippen molar-refractivity contribution in [1.29, 1.82) is 5.26 Å². The molecule has 2 aliphatic rings. The van der Waals surface area contributed by atoms with Crippen molar-refractivity contribution in [3.05, 3.63) is 35.9 Å². The van der Waals surface area contributed by atoms with E-state index >= 15 is 0 Å². The lowest BCUT2D eigenvalue weighted by atomic mass is 10.2. The standard InChI is InChI=1S/C15H15N3O4/c16-7-11-9-21-13-6-12(14(19)18(11)13)17-15(20)22-8-10-4-2-1-3-5-10/h1-5,11-13H,6,8-9H2,(H,17,20)/t11-,12+,13+/m1/s1. The number of hydrogen-bond acceptors (Lipinski definition) is 5. The highest BCUT2D eigenvalue weighted by Crippen LogP contribution is 2.28. The van der Waals surface area contributed by atoms with Crippen molar-refractivity contribution >= 4 is 12.0 Å². The summed E-state index contributed by atoms with van der Waals surface area (Å²) in [6.45, 7) is 0.357. The molecule has 0 unspecified atom stereocenters. The summed E-state index contributed by atoms with van der Waals surface area (Å²) in [5, 5.41) is 11.5. The van der Waals surface area contributed by atoms with Gasteiger partial charge in [-0.05, 0) is 5.56 Å². The van der Waals surface area contributed by atoms with Crippen LogP contribution in [0, 0.1) is 11.3 Å². The predicted molar refractivity (Wildman–Crippen MR) is 74.2 cm³/mol. The normalized spacial score (nSPS) is 26.4. The summed E-state index contributed by atoms with van der Waals surface area (Å²) in [6, 6.07) is 10.0. The van der Waals surface area contributed by atoms with Gasteiger partial charge < -0.3 is 14.8 Å². The van der Waals surface area contributed by atoms with Crippen LogP contribution in [0.15, 0.2) is 30.3 Å². The first-order valence-corrected chi connectivity index (χ1v) is 6.99. The van der Waals surface area contributed by atoms with Crippen LogP contribution in [-0.4, -0.2) is 41.8 Å². The number of benzene rings is 1. The number of alkyl carbamates (subject to hydrolysis) is 1. The summed E-state index contributed by atoms with van der Waals surface area (Å²) in [5.74, 6) is -0.300. The van der Waals surface area contributed by atoms with E-state index in [1.54, 1.807) is 0 Å². The van der Waals surface area contributed by atoms with E-state index in [9.17, 15) is 9.59 Å². The predicted octanol–water partition coefficient (Wildman–Crippen LogP) is 0.762. The van der Waals surface area contributed by atoms with Crippen LogP contribution in [0.4, 0.5) is 4.79 Å². The lowest BCUT2D eigenvalue weighted by Gasteiger charge is -2.16. The number of rotatable bonds is 3. The highest BCUT2D eigenvalue weighted by molar-refractivity contribution is 5.88. The Morgan fingerprint density at radius 2 is 2.23 bits per heavy atom. The second-order valence-electron chi connectivity index (χ2n) is 5.17. The highest BCUT2D eigenvalue weighted by atomic mass is 16.5. The molecule has 3 atom stereocenters. The topological polar surface area (TPSA) is 91.7 Å². The first kappa shape index (κ1) is 14.4. The van der Waals surface area contributed by atoms with Crippen molar-refractivity contribution in [2.75, 3.05) is 6.61 Å². The molecule has 0 bridgehead atoms. The van der Waals surface area contributed by atoms with Crippen LogP contribution in [-0.2, 0) is 20.9 Å². The third-order valence-corrected chi connectivity index (χ3v) is 3.74. The monoisotopic (exact) mass is 301 g/mol. The molecule has 0 spiro atoms. The Morgan fingerprint density at radius 1 is 1.45 bits per heavy atom. The number of hydrogen-bond donors (Lipinski definition) is 1. The van der Waals surface area contributed by atoms with Gasteiger partial charge in [-0.3, -0.25) is 9.69 Å². The number of carbonyl (C=O) groups excluding carboxylic acids is 2. The Morgan fingerprint density at radius 3 is 2.95 bits per heavy atom. The van der Waals surface area contributed by atoms with Crippen molar-refractivity contribution in [3.63, 3.8) is 0 Å². The van der Waals surface area contributed by atoms with Gasteiger partial charge in [0.25, 0.3) is 0 Å². The van der Waals surface area contributed by atoms with E-state index in [0.717, 1.165) is 5.56 Å². The third-order valence-electron chi connectivity index (χ3n) is 3.74. The lowest BCUT2D eigenvalue weighted by molar-refractivity contribution is -0.131. The molecule has 22 heavy (non-hydrogen) atoms. The van der Waals surface area contributed by atoms with Crippen LogP contribution < -0.4 is 5.32 Å². The maximum atomic E-state index is 12.2. The lowest BCUT2D eigenvalue weighted by Crippen LogP contribution is -2.44. The van der Waals surface area contributed by atoms with Gasteiger partial charge in [-0.2, -0.15) is 5.26 Å². The first-order valence-electron chi connectivity index (χ1n) is 6.99. The molecular weight excluding hydrogens is 286 g/mol. The molecule has 2 amide bonds. The second kappa shape index (κ2) is 6.03. The third kappa shape index (κ3) is 2.73. The highest BCUT2D eigenvalue weighted by Gasteiger charge is 2.48. The summed E-state index contributed by atoms with van der Waals surface area (Å²) in [5.41, 5.74) is 0.865. The minimum atomic E-state index is -0.704. The average Bonchev–Trinajstić information content (AvgIpc) is 3.07. The van der Waals surface area contributed by atoms with Crippen molar-refractivity contribution in [2.24, 2.45) is 0 Å². The molecule has 1 aromatic rings. The number of nitrogens with zero attached hydrogens (tertiary/aromatic N) is 2. The Bertz CT molecular complexity index is 613. The molecular formula is C15H15N3O4. The molecule has 2 aliphatic heterocycles. The van der Waals surface area contributed by atoms with E-state index in [-0.39, 0.29) is 19.1 Å². The summed E-state index contributed by atoms with van der Waals surface area (Å²) in [7, 11) is 0. The van der Waals surface area contributed by atoms with Gasteiger partial charge in [0.15, 0.2) is 0 Å². The van der Waals surface area contributed by atoms with Crippen molar-refractivity contribution in [1.82, 2.24) is 10.2 Å². The maximum absolute atomic E-state index is 12.2. The zero-order valence-corrected chi connectivity index (χ0v) is 11.8. The number of amides is 2.